The maximum Gasteiger partial charge on any atom is 0.264 e. The third-order valence-electron chi connectivity index (χ3n) is 13.8. The number of imidazole rings is 1. The van der Waals surface area contributed by atoms with E-state index in [-0.39, 0.29) is 71.4 Å². The van der Waals surface area contributed by atoms with Crippen molar-refractivity contribution in [3.63, 3.8) is 0 Å². The topological polar surface area (TPSA) is 181 Å². The van der Waals surface area contributed by atoms with Gasteiger partial charge >= 0.3 is 0 Å². The number of nitrogens with one attached hydrogen (secondary N) is 1. The molecule has 5 aromatic rings. The van der Waals surface area contributed by atoms with Gasteiger partial charge in [-0.05, 0) is 79.6 Å². The Balaban J connectivity index is 0.873. The fourth-order valence-corrected chi connectivity index (χ4v) is 10.3. The van der Waals surface area contributed by atoms with Gasteiger partial charge < -0.3 is 28.6 Å². The zero-order valence-corrected chi connectivity index (χ0v) is 36.0. The van der Waals surface area contributed by atoms with Crippen molar-refractivity contribution in [3.05, 3.63) is 94.1 Å². The molecule has 1 atom stereocenters. The highest BCUT2D eigenvalue weighted by Crippen LogP contribution is 2.45. The first kappa shape index (κ1) is 41.7. The molecule has 1 unspecified atom stereocenters. The van der Waals surface area contributed by atoms with Crippen LogP contribution in [0.2, 0.25) is 0 Å². The van der Waals surface area contributed by atoms with Crippen LogP contribution in [0, 0.1) is 0 Å². The summed E-state index contributed by atoms with van der Waals surface area (Å²) in [4.78, 5) is 88.6. The second kappa shape index (κ2) is 16.1. The number of anilines is 2. The lowest BCUT2D eigenvalue weighted by molar-refractivity contribution is -0.136. The molecular weight excluding hydrogens is 857 g/mol. The van der Waals surface area contributed by atoms with Crippen LogP contribution in [0.1, 0.15) is 105 Å². The molecule has 11 rings (SSSR count). The number of likely N-dealkylation sites (tertiary alicyclic amines) is 1. The molecule has 0 radical (unpaired) electrons. The molecule has 1 N–H and O–H groups in total. The number of pyridine rings is 1. The van der Waals surface area contributed by atoms with E-state index in [0.29, 0.717) is 68.4 Å². The second-order valence-electron chi connectivity index (χ2n) is 17.7. The van der Waals surface area contributed by atoms with Gasteiger partial charge in [-0.25, -0.2) is 13.8 Å². The summed E-state index contributed by atoms with van der Waals surface area (Å²) in [6.07, 6.45) is 5.12. The highest BCUT2D eigenvalue weighted by atomic mass is 19.3. The van der Waals surface area contributed by atoms with Gasteiger partial charge in [0.2, 0.25) is 17.7 Å². The van der Waals surface area contributed by atoms with E-state index in [1.807, 2.05) is 4.90 Å². The van der Waals surface area contributed by atoms with Crippen molar-refractivity contribution >= 4 is 52.6 Å². The third kappa shape index (κ3) is 6.98. The van der Waals surface area contributed by atoms with Crippen molar-refractivity contribution in [2.24, 2.45) is 0 Å². The summed E-state index contributed by atoms with van der Waals surface area (Å²) in [5.41, 5.74) is 4.64. The Kier molecular flexibility index (Phi) is 10.2. The van der Waals surface area contributed by atoms with Crippen molar-refractivity contribution in [1.82, 2.24) is 39.2 Å². The Morgan fingerprint density at radius 2 is 1.70 bits per heavy atom. The Hall–Kier alpha value is -7.02. The van der Waals surface area contributed by atoms with E-state index in [9.17, 15) is 28.8 Å². The number of benzene rings is 2. The number of amides is 6. The van der Waals surface area contributed by atoms with Gasteiger partial charge in [-0.3, -0.25) is 43.7 Å². The molecule has 17 nitrogen and oxygen atoms in total. The molecule has 6 amide bonds. The van der Waals surface area contributed by atoms with Gasteiger partial charge in [-0.2, -0.15) is 5.10 Å². The highest BCUT2D eigenvalue weighted by Gasteiger charge is 2.45. The number of fused-ring (bicyclic) bond motifs is 4. The van der Waals surface area contributed by atoms with Crippen LogP contribution in [0.15, 0.2) is 55.0 Å². The largest absolute Gasteiger partial charge is 0.487 e. The number of alkyl halides is 2. The van der Waals surface area contributed by atoms with Gasteiger partial charge in [0.15, 0.2) is 5.82 Å². The minimum atomic E-state index is -2.90. The van der Waals surface area contributed by atoms with E-state index in [1.165, 1.54) is 18.2 Å². The summed E-state index contributed by atoms with van der Waals surface area (Å²) in [5, 5.41) is 7.39. The number of aromatic nitrogens is 4. The van der Waals surface area contributed by atoms with Crippen LogP contribution in [-0.4, -0.2) is 121 Å². The third-order valence-corrected chi connectivity index (χ3v) is 13.8. The van der Waals surface area contributed by atoms with Gasteiger partial charge in [0, 0.05) is 92.7 Å². The number of hydrogen-bond donors (Lipinski definition) is 1. The van der Waals surface area contributed by atoms with Crippen LogP contribution >= 0.6 is 0 Å². The predicted octanol–water partition coefficient (Wildman–Crippen LogP) is 4.78. The summed E-state index contributed by atoms with van der Waals surface area (Å²) < 4.78 is 46.6. The first-order valence-electron chi connectivity index (χ1n) is 22.4. The fraction of sp³-hybridized carbons (Fsp3) is 0.404. The van der Waals surface area contributed by atoms with Crippen LogP contribution in [0.3, 0.4) is 0 Å². The quantitative estimate of drug-likeness (QED) is 0.212. The molecule has 66 heavy (non-hydrogen) atoms. The normalized spacial score (nSPS) is 20.2. The van der Waals surface area contributed by atoms with E-state index in [1.54, 1.807) is 57.9 Å². The van der Waals surface area contributed by atoms with E-state index >= 15 is 8.78 Å². The number of rotatable bonds is 8. The van der Waals surface area contributed by atoms with Crippen molar-refractivity contribution in [3.8, 4) is 16.9 Å². The standard InChI is InChI=1S/C47H45F2N9O8/c1-25(59)53-13-8-37-36(24-53)43(52-58(37)27-9-15-65-16-10-27)56-12-2-3-26-17-31(33(42(48)49)19-39(26)56)32-20-40-50-11-14-54(40)23-35(32)45(62)55-21-29(22-55)66-28-4-5-30-34(18-28)47(64)57(46(30)63)38-6-7-41(60)51-44(38)61/h4-5,11,14,17-20,23,27,29,38,42H,2-3,6-10,12-13,15-16,21-22,24H2,1H3,(H,51,60,61). The van der Waals surface area contributed by atoms with Crippen molar-refractivity contribution in [1.29, 1.82) is 0 Å². The van der Waals surface area contributed by atoms with Crippen LogP contribution in [0.25, 0.3) is 16.8 Å². The number of ether oxygens (including phenoxy) is 2. The van der Waals surface area contributed by atoms with E-state index in [0.717, 1.165) is 41.0 Å². The number of nitrogens with zero attached hydrogens (tertiary/aromatic N) is 8. The molecule has 2 aromatic carbocycles. The van der Waals surface area contributed by atoms with Gasteiger partial charge in [0.1, 0.15) is 23.5 Å². The Morgan fingerprint density at radius 3 is 2.47 bits per heavy atom. The van der Waals surface area contributed by atoms with Gasteiger partial charge in [0.25, 0.3) is 24.1 Å². The lowest BCUT2D eigenvalue weighted by Gasteiger charge is -2.39. The Bertz CT molecular complexity index is 2900. The number of piperidine rings is 1. The minimum Gasteiger partial charge on any atom is -0.487 e. The zero-order valence-electron chi connectivity index (χ0n) is 36.0. The van der Waals surface area contributed by atoms with Crippen molar-refractivity contribution in [2.45, 2.75) is 83.0 Å². The number of hydrogen-bond acceptors (Lipinski definition) is 11. The predicted molar refractivity (Wildman–Crippen MR) is 230 cm³/mol. The molecule has 19 heteroatoms. The maximum atomic E-state index is 15.5. The molecule has 340 valence electrons. The van der Waals surface area contributed by atoms with Crippen molar-refractivity contribution in [2.75, 3.05) is 44.3 Å². The molecule has 3 aromatic heterocycles. The number of carbonyl (C=O) groups excluding carboxylic acids is 6. The zero-order chi connectivity index (χ0) is 45.5. The monoisotopic (exact) mass is 901 g/mol. The Morgan fingerprint density at radius 1 is 0.894 bits per heavy atom. The summed E-state index contributed by atoms with van der Waals surface area (Å²) in [7, 11) is 0. The lowest BCUT2D eigenvalue weighted by atomic mass is 9.89. The molecule has 0 spiro atoms. The first-order chi connectivity index (χ1) is 31.9. The van der Waals surface area contributed by atoms with Crippen LogP contribution in [0.4, 0.5) is 20.3 Å². The molecule has 0 bridgehead atoms. The molecule has 6 aliphatic heterocycles. The average molecular weight is 902 g/mol. The van der Waals surface area contributed by atoms with Crippen molar-refractivity contribution < 1.29 is 47.0 Å². The Labute approximate surface area is 376 Å². The molecule has 0 saturated carbocycles. The number of halogens is 2. The van der Waals surface area contributed by atoms with E-state index in [2.05, 4.69) is 15.0 Å². The molecular formula is C47H45F2N9O8. The number of aryl methyl sites for hydroxylation is 1. The summed E-state index contributed by atoms with van der Waals surface area (Å²) in [6, 6.07) is 8.45. The average Bonchev–Trinajstić information content (AvgIpc) is 4.00. The molecule has 6 aliphatic rings. The maximum absolute atomic E-state index is 15.5. The summed E-state index contributed by atoms with van der Waals surface area (Å²) >= 11 is 0. The molecule has 9 heterocycles. The van der Waals surface area contributed by atoms with Gasteiger partial charge in [-0.15, -0.1) is 0 Å². The first-order valence-corrected chi connectivity index (χ1v) is 22.4. The smallest absolute Gasteiger partial charge is 0.264 e. The fourth-order valence-electron chi connectivity index (χ4n) is 10.3. The molecule has 3 saturated heterocycles. The van der Waals surface area contributed by atoms with Gasteiger partial charge in [-0.1, -0.05) is 0 Å². The SMILES string of the molecule is CC(=O)N1CCc2c(c(N3CCCc4cc(-c5cc6nccn6cc5C(=O)N5CC(Oc6ccc7c(c6)C(=O)N(C6CCC(=O)NC6=O)C7=O)C5)c(C(F)F)cc43)nn2C2CCOCC2)C1. The summed E-state index contributed by atoms with van der Waals surface area (Å²) in [5.74, 6) is -1.93. The van der Waals surface area contributed by atoms with E-state index in [4.69, 9.17) is 14.6 Å². The van der Waals surface area contributed by atoms with E-state index < -0.39 is 48.1 Å². The summed E-state index contributed by atoms with van der Waals surface area (Å²) in [6.45, 7) is 4.62. The number of imide groups is 2. The van der Waals surface area contributed by atoms with Gasteiger partial charge in [0.05, 0.1) is 42.4 Å². The van der Waals surface area contributed by atoms with Crippen LogP contribution in [-0.2, 0) is 38.5 Å². The highest BCUT2D eigenvalue weighted by molar-refractivity contribution is 6.23. The van der Waals surface area contributed by atoms with Crippen LogP contribution in [0.5, 0.6) is 5.75 Å². The number of carbonyl (C=O) groups is 6. The molecule has 3 fully saturated rings. The molecule has 0 aliphatic carbocycles. The lowest BCUT2D eigenvalue weighted by Crippen LogP contribution is -2.56. The minimum absolute atomic E-state index is 0.00248. The van der Waals surface area contributed by atoms with Crippen LogP contribution < -0.4 is 15.0 Å². The second-order valence-corrected chi connectivity index (χ2v) is 17.7.